The number of aromatic nitrogens is 5. The number of aromatic amines is 2. The van der Waals surface area contributed by atoms with Crippen LogP contribution < -0.4 is 5.56 Å². The topological polar surface area (TPSA) is 110 Å². The van der Waals surface area contributed by atoms with Gasteiger partial charge in [-0.1, -0.05) is 60.1 Å². The standard InChI is InChI=1S/C27H18ClN5O2S/c28-21-12-17(11-18-14-29-33-23(18)21)25-24(16-7-3-1-4-8-16)31-26-22(30-25)13-19(27(34)32-26)15-36(35)20-9-5-2-6-10-20/h1-14H,15H2,(H,29,33)(H,31,32,34). The summed E-state index contributed by atoms with van der Waals surface area (Å²) < 4.78 is 12.9. The maximum Gasteiger partial charge on any atom is 0.257 e. The van der Waals surface area contributed by atoms with Crippen molar-refractivity contribution in [1.29, 1.82) is 0 Å². The summed E-state index contributed by atoms with van der Waals surface area (Å²) in [6.07, 6.45) is 1.70. The van der Waals surface area contributed by atoms with Crippen LogP contribution in [0.2, 0.25) is 5.02 Å². The Balaban J connectivity index is 1.53. The molecule has 0 amide bonds. The third kappa shape index (κ3) is 4.15. The van der Waals surface area contributed by atoms with E-state index in [0.717, 1.165) is 22.0 Å². The molecule has 2 N–H and O–H groups in total. The molecule has 3 aromatic carbocycles. The summed E-state index contributed by atoms with van der Waals surface area (Å²) >= 11 is 5.16. The zero-order valence-electron chi connectivity index (χ0n) is 18.7. The lowest BCUT2D eigenvalue weighted by Crippen LogP contribution is -2.18. The smallest absolute Gasteiger partial charge is 0.257 e. The highest BCUT2D eigenvalue weighted by molar-refractivity contribution is 7.90. The van der Waals surface area contributed by atoms with Crippen molar-refractivity contribution in [3.63, 3.8) is 0 Å². The summed E-state index contributed by atoms with van der Waals surface area (Å²) in [4.78, 5) is 26.1. The Morgan fingerprint density at radius 1 is 0.889 bits per heavy atom. The summed E-state index contributed by atoms with van der Waals surface area (Å²) in [5.41, 5.74) is 4.46. The molecule has 0 radical (unpaired) electrons. The molecule has 3 heterocycles. The van der Waals surface area contributed by atoms with Crippen molar-refractivity contribution in [2.45, 2.75) is 10.6 Å². The van der Waals surface area contributed by atoms with Gasteiger partial charge in [0.1, 0.15) is 11.3 Å². The largest absolute Gasteiger partial charge is 0.611 e. The fraction of sp³-hybridized carbons (Fsp3) is 0.0370. The number of hydrogen-bond donors (Lipinski definition) is 2. The van der Waals surface area contributed by atoms with E-state index in [1.807, 2.05) is 60.7 Å². The van der Waals surface area contributed by atoms with Crippen molar-refractivity contribution in [2.75, 3.05) is 0 Å². The van der Waals surface area contributed by atoms with Gasteiger partial charge in [-0.25, -0.2) is 9.97 Å². The van der Waals surface area contributed by atoms with Gasteiger partial charge in [0.25, 0.3) is 5.56 Å². The molecule has 0 fully saturated rings. The van der Waals surface area contributed by atoms with E-state index in [0.29, 0.717) is 38.0 Å². The molecule has 6 aromatic rings. The first-order valence-electron chi connectivity index (χ1n) is 11.1. The van der Waals surface area contributed by atoms with Crippen LogP contribution in [-0.4, -0.2) is 29.7 Å². The maximum atomic E-state index is 12.9. The van der Waals surface area contributed by atoms with Gasteiger partial charge in [0.15, 0.2) is 10.5 Å². The molecular formula is C27H18ClN5O2S. The minimum absolute atomic E-state index is 0.0690. The molecule has 0 aliphatic carbocycles. The Kier molecular flexibility index (Phi) is 5.77. The Hall–Kier alpha value is -3.98. The van der Waals surface area contributed by atoms with Crippen molar-refractivity contribution >= 4 is 44.8 Å². The molecular weight excluding hydrogens is 494 g/mol. The van der Waals surface area contributed by atoms with Crippen LogP contribution in [0.3, 0.4) is 0 Å². The average molecular weight is 512 g/mol. The normalized spacial score (nSPS) is 12.3. The van der Waals surface area contributed by atoms with Gasteiger partial charge in [0, 0.05) is 16.5 Å². The van der Waals surface area contributed by atoms with Gasteiger partial charge in [-0.15, -0.1) is 0 Å². The number of fused-ring (bicyclic) bond motifs is 2. The van der Waals surface area contributed by atoms with E-state index in [1.54, 1.807) is 24.4 Å². The molecule has 0 saturated carbocycles. The zero-order chi connectivity index (χ0) is 24.6. The second kappa shape index (κ2) is 9.23. The van der Waals surface area contributed by atoms with E-state index in [9.17, 15) is 9.35 Å². The quantitative estimate of drug-likeness (QED) is 0.297. The van der Waals surface area contributed by atoms with Gasteiger partial charge in [-0.05, 0) is 41.5 Å². The van der Waals surface area contributed by atoms with Crippen molar-refractivity contribution < 1.29 is 4.55 Å². The predicted octanol–water partition coefficient (Wildman–Crippen LogP) is 5.49. The number of rotatable bonds is 5. The average Bonchev–Trinajstić information content (AvgIpc) is 3.39. The molecule has 6 rings (SSSR count). The lowest BCUT2D eigenvalue weighted by Gasteiger charge is -2.13. The number of H-pyrrole nitrogens is 2. The Bertz CT molecular complexity index is 1770. The number of hydrogen-bond acceptors (Lipinski definition) is 5. The van der Waals surface area contributed by atoms with Crippen molar-refractivity contribution in [1.82, 2.24) is 25.1 Å². The van der Waals surface area contributed by atoms with E-state index in [4.69, 9.17) is 21.6 Å². The minimum Gasteiger partial charge on any atom is -0.611 e. The third-order valence-corrected chi connectivity index (χ3v) is 7.54. The first kappa shape index (κ1) is 22.5. The number of pyridine rings is 1. The molecule has 1 atom stereocenters. The van der Waals surface area contributed by atoms with Crippen molar-refractivity contribution in [2.24, 2.45) is 0 Å². The first-order valence-corrected chi connectivity index (χ1v) is 12.8. The lowest BCUT2D eigenvalue weighted by atomic mass is 10.0. The number of benzene rings is 3. The van der Waals surface area contributed by atoms with Crippen LogP contribution in [0.1, 0.15) is 5.56 Å². The van der Waals surface area contributed by atoms with Gasteiger partial charge in [-0.3, -0.25) is 9.89 Å². The van der Waals surface area contributed by atoms with Gasteiger partial charge < -0.3 is 9.54 Å². The number of nitrogens with one attached hydrogen (secondary N) is 2. The van der Waals surface area contributed by atoms with Crippen LogP contribution in [0.15, 0.2) is 94.7 Å². The molecule has 0 spiro atoms. The lowest BCUT2D eigenvalue weighted by molar-refractivity contribution is 0.594. The molecule has 9 heteroatoms. The van der Waals surface area contributed by atoms with Gasteiger partial charge >= 0.3 is 0 Å². The first-order chi connectivity index (χ1) is 17.6. The molecule has 7 nitrogen and oxygen atoms in total. The van der Waals surface area contributed by atoms with E-state index in [2.05, 4.69) is 15.2 Å². The van der Waals surface area contributed by atoms with Crippen LogP contribution in [0, 0.1) is 0 Å². The van der Waals surface area contributed by atoms with Crippen LogP contribution in [0.4, 0.5) is 0 Å². The fourth-order valence-electron chi connectivity index (χ4n) is 4.11. The van der Waals surface area contributed by atoms with Gasteiger partial charge in [0.2, 0.25) is 0 Å². The van der Waals surface area contributed by atoms with Crippen LogP contribution in [0.5, 0.6) is 0 Å². The third-order valence-electron chi connectivity index (χ3n) is 5.87. The molecule has 0 saturated heterocycles. The summed E-state index contributed by atoms with van der Waals surface area (Å²) in [6, 6.07) is 24.1. The zero-order valence-corrected chi connectivity index (χ0v) is 20.3. The van der Waals surface area contributed by atoms with E-state index >= 15 is 0 Å². The molecule has 176 valence electrons. The SMILES string of the molecule is O=c1[nH]c2nc(-c3ccccc3)c(-c3cc(Cl)c4[nH]ncc4c3)nc2cc1C[S+]([O-])c1ccccc1. The Morgan fingerprint density at radius 3 is 2.39 bits per heavy atom. The Labute approximate surface area is 213 Å². The molecule has 1 unspecified atom stereocenters. The number of nitrogens with zero attached hydrogens (tertiary/aromatic N) is 3. The highest BCUT2D eigenvalue weighted by Gasteiger charge is 2.19. The molecule has 3 aromatic heterocycles. The van der Waals surface area contributed by atoms with Crippen LogP contribution in [-0.2, 0) is 16.9 Å². The summed E-state index contributed by atoms with van der Waals surface area (Å²) in [7, 11) is 0. The summed E-state index contributed by atoms with van der Waals surface area (Å²) in [5, 5.41) is 8.35. The molecule has 0 aliphatic heterocycles. The van der Waals surface area contributed by atoms with E-state index in [-0.39, 0.29) is 11.3 Å². The van der Waals surface area contributed by atoms with Crippen LogP contribution in [0.25, 0.3) is 44.6 Å². The van der Waals surface area contributed by atoms with Crippen molar-refractivity contribution in [3.05, 3.63) is 106 Å². The fourth-order valence-corrected chi connectivity index (χ4v) is 5.51. The maximum absolute atomic E-state index is 12.9. The Morgan fingerprint density at radius 2 is 1.61 bits per heavy atom. The predicted molar refractivity (Wildman–Crippen MR) is 142 cm³/mol. The second-order valence-corrected chi connectivity index (χ2v) is 10.1. The monoisotopic (exact) mass is 511 g/mol. The van der Waals surface area contributed by atoms with Gasteiger partial charge in [0.05, 0.1) is 33.7 Å². The van der Waals surface area contributed by atoms with E-state index < -0.39 is 11.2 Å². The molecule has 36 heavy (non-hydrogen) atoms. The molecule has 0 bridgehead atoms. The number of halogens is 1. The van der Waals surface area contributed by atoms with E-state index in [1.165, 1.54) is 0 Å². The minimum atomic E-state index is -1.37. The highest BCUT2D eigenvalue weighted by atomic mass is 35.5. The second-order valence-electron chi connectivity index (χ2n) is 8.24. The highest BCUT2D eigenvalue weighted by Crippen LogP contribution is 2.34. The molecule has 0 aliphatic rings. The van der Waals surface area contributed by atoms with Crippen LogP contribution >= 0.6 is 11.6 Å². The van der Waals surface area contributed by atoms with Crippen molar-refractivity contribution in [3.8, 4) is 22.5 Å². The van der Waals surface area contributed by atoms with Gasteiger partial charge in [-0.2, -0.15) is 5.10 Å². The summed E-state index contributed by atoms with van der Waals surface area (Å²) in [6.45, 7) is 0. The summed E-state index contributed by atoms with van der Waals surface area (Å²) in [5.74, 6) is 0.0690.